The van der Waals surface area contributed by atoms with Gasteiger partial charge in [-0.1, -0.05) is 0 Å². The second kappa shape index (κ2) is 5.97. The molecule has 4 nitrogen and oxygen atoms in total. The van der Waals surface area contributed by atoms with E-state index in [0.29, 0.717) is 0 Å². The molecule has 1 heterocycles. The van der Waals surface area contributed by atoms with Gasteiger partial charge in [-0.2, -0.15) is 0 Å². The summed E-state index contributed by atoms with van der Waals surface area (Å²) in [5.74, 6) is 1.69. The Bertz CT molecular complexity index is 561. The van der Waals surface area contributed by atoms with Crippen LogP contribution in [0.5, 0.6) is 11.5 Å². The fourth-order valence-electron chi connectivity index (χ4n) is 2.50. The zero-order chi connectivity index (χ0) is 13.8. The van der Waals surface area contributed by atoms with E-state index in [4.69, 9.17) is 9.47 Å². The van der Waals surface area contributed by atoms with Crippen LogP contribution >= 0.6 is 0 Å². The molecule has 0 unspecified atom stereocenters. The van der Waals surface area contributed by atoms with E-state index in [-0.39, 0.29) is 0 Å². The topological polar surface area (TPSA) is 46.3 Å². The van der Waals surface area contributed by atoms with Crippen LogP contribution in [-0.2, 0) is 6.42 Å². The van der Waals surface area contributed by atoms with Crippen LogP contribution < -0.4 is 14.8 Å². The molecule has 2 N–H and O–H groups in total. The predicted molar refractivity (Wildman–Crippen MR) is 78.4 cm³/mol. The first-order valence-electron chi connectivity index (χ1n) is 6.59. The SMILES string of the molecule is CNCCCc1c(C)[nH]c2cc(OC)cc(OC)c12. The molecular weight excluding hydrogens is 240 g/mol. The molecule has 0 radical (unpaired) electrons. The highest BCUT2D eigenvalue weighted by Crippen LogP contribution is 2.35. The molecule has 0 amide bonds. The number of benzene rings is 1. The third kappa shape index (κ3) is 2.68. The van der Waals surface area contributed by atoms with Gasteiger partial charge in [-0.05, 0) is 38.9 Å². The minimum Gasteiger partial charge on any atom is -0.497 e. The molecule has 0 saturated heterocycles. The Labute approximate surface area is 114 Å². The van der Waals surface area contributed by atoms with Crippen molar-refractivity contribution in [3.63, 3.8) is 0 Å². The Morgan fingerprint density at radius 3 is 2.63 bits per heavy atom. The third-order valence-electron chi connectivity index (χ3n) is 3.46. The summed E-state index contributed by atoms with van der Waals surface area (Å²) in [5, 5.41) is 4.36. The third-order valence-corrected chi connectivity index (χ3v) is 3.46. The van der Waals surface area contributed by atoms with Crippen LogP contribution in [0.15, 0.2) is 12.1 Å². The van der Waals surface area contributed by atoms with Crippen molar-refractivity contribution in [2.45, 2.75) is 19.8 Å². The Kier molecular flexibility index (Phi) is 4.32. The Balaban J connectivity index is 2.48. The van der Waals surface area contributed by atoms with Gasteiger partial charge in [0.2, 0.25) is 0 Å². The molecule has 0 atom stereocenters. The fourth-order valence-corrected chi connectivity index (χ4v) is 2.50. The molecule has 0 aliphatic rings. The van der Waals surface area contributed by atoms with E-state index in [0.717, 1.165) is 36.4 Å². The number of aromatic amines is 1. The van der Waals surface area contributed by atoms with Gasteiger partial charge in [-0.3, -0.25) is 0 Å². The monoisotopic (exact) mass is 262 g/mol. The lowest BCUT2D eigenvalue weighted by Crippen LogP contribution is -2.08. The smallest absolute Gasteiger partial charge is 0.132 e. The number of rotatable bonds is 6. The summed E-state index contributed by atoms with van der Waals surface area (Å²) in [6, 6.07) is 3.96. The molecule has 2 aromatic rings. The molecule has 2 rings (SSSR count). The molecule has 0 saturated carbocycles. The molecule has 19 heavy (non-hydrogen) atoms. The minimum absolute atomic E-state index is 0.812. The second-order valence-electron chi connectivity index (χ2n) is 4.69. The second-order valence-corrected chi connectivity index (χ2v) is 4.69. The number of aromatic nitrogens is 1. The quantitative estimate of drug-likeness (QED) is 0.787. The van der Waals surface area contributed by atoms with E-state index in [1.54, 1.807) is 14.2 Å². The lowest BCUT2D eigenvalue weighted by molar-refractivity contribution is 0.398. The van der Waals surface area contributed by atoms with Gasteiger partial charge in [-0.15, -0.1) is 0 Å². The van der Waals surface area contributed by atoms with Gasteiger partial charge in [0.1, 0.15) is 11.5 Å². The summed E-state index contributed by atoms with van der Waals surface area (Å²) in [4.78, 5) is 3.42. The molecule has 0 aliphatic carbocycles. The molecule has 1 aromatic heterocycles. The number of nitrogens with one attached hydrogen (secondary N) is 2. The summed E-state index contributed by atoms with van der Waals surface area (Å²) in [6.07, 6.45) is 2.15. The summed E-state index contributed by atoms with van der Waals surface area (Å²) in [7, 11) is 5.35. The van der Waals surface area contributed by atoms with Gasteiger partial charge >= 0.3 is 0 Å². The van der Waals surface area contributed by atoms with E-state index < -0.39 is 0 Å². The van der Waals surface area contributed by atoms with Crippen LogP contribution in [0.25, 0.3) is 10.9 Å². The van der Waals surface area contributed by atoms with Gasteiger partial charge in [0, 0.05) is 23.2 Å². The Morgan fingerprint density at radius 2 is 2.00 bits per heavy atom. The van der Waals surface area contributed by atoms with E-state index in [1.165, 1.54) is 16.6 Å². The van der Waals surface area contributed by atoms with Crippen molar-refractivity contribution in [2.24, 2.45) is 0 Å². The molecule has 4 heteroatoms. The molecule has 0 spiro atoms. The lowest BCUT2D eigenvalue weighted by Gasteiger charge is -2.08. The number of methoxy groups -OCH3 is 2. The maximum Gasteiger partial charge on any atom is 0.132 e. The molecule has 1 aromatic carbocycles. The first-order valence-corrected chi connectivity index (χ1v) is 6.59. The maximum absolute atomic E-state index is 5.51. The molecule has 0 aliphatic heterocycles. The van der Waals surface area contributed by atoms with Crippen molar-refractivity contribution in [2.75, 3.05) is 27.8 Å². The number of ether oxygens (including phenoxy) is 2. The van der Waals surface area contributed by atoms with Crippen molar-refractivity contribution in [3.8, 4) is 11.5 Å². The van der Waals surface area contributed by atoms with Gasteiger partial charge in [-0.25, -0.2) is 0 Å². The van der Waals surface area contributed by atoms with Crippen molar-refractivity contribution in [1.82, 2.24) is 10.3 Å². The normalized spacial score (nSPS) is 10.9. The standard InChI is InChI=1S/C15H22N2O2/c1-10-12(6-5-7-16-2)15-13(17-10)8-11(18-3)9-14(15)19-4/h8-9,16-17H,5-7H2,1-4H3. The zero-order valence-electron chi connectivity index (χ0n) is 12.1. The van der Waals surface area contributed by atoms with Crippen LogP contribution in [0.3, 0.4) is 0 Å². The van der Waals surface area contributed by atoms with E-state index in [2.05, 4.69) is 17.2 Å². The number of H-pyrrole nitrogens is 1. The predicted octanol–water partition coefficient (Wildman–Crippen LogP) is 2.65. The first kappa shape index (κ1) is 13.7. The van der Waals surface area contributed by atoms with E-state index >= 15 is 0 Å². The van der Waals surface area contributed by atoms with Gasteiger partial charge < -0.3 is 19.8 Å². The average Bonchev–Trinajstić information content (AvgIpc) is 2.74. The van der Waals surface area contributed by atoms with Gasteiger partial charge in [0.05, 0.1) is 19.7 Å². The number of fused-ring (bicyclic) bond motifs is 1. The summed E-state index contributed by atoms with van der Waals surface area (Å²) >= 11 is 0. The molecular formula is C15H22N2O2. The van der Waals surface area contributed by atoms with E-state index in [1.807, 2.05) is 19.2 Å². The van der Waals surface area contributed by atoms with E-state index in [9.17, 15) is 0 Å². The van der Waals surface area contributed by atoms with Crippen LogP contribution in [0.4, 0.5) is 0 Å². The Morgan fingerprint density at radius 1 is 1.21 bits per heavy atom. The first-order chi connectivity index (χ1) is 9.21. The van der Waals surface area contributed by atoms with Crippen LogP contribution in [-0.4, -0.2) is 32.8 Å². The Hall–Kier alpha value is -1.68. The van der Waals surface area contributed by atoms with Crippen molar-refractivity contribution < 1.29 is 9.47 Å². The average molecular weight is 262 g/mol. The largest absolute Gasteiger partial charge is 0.497 e. The summed E-state index contributed by atoms with van der Waals surface area (Å²) < 4.78 is 10.8. The number of hydrogen-bond donors (Lipinski definition) is 2. The zero-order valence-corrected chi connectivity index (χ0v) is 12.1. The van der Waals surface area contributed by atoms with Crippen LogP contribution in [0.2, 0.25) is 0 Å². The number of hydrogen-bond acceptors (Lipinski definition) is 3. The van der Waals surface area contributed by atoms with Crippen molar-refractivity contribution in [3.05, 3.63) is 23.4 Å². The fraction of sp³-hybridized carbons (Fsp3) is 0.467. The van der Waals surface area contributed by atoms with Crippen LogP contribution in [0.1, 0.15) is 17.7 Å². The minimum atomic E-state index is 0.812. The molecule has 104 valence electrons. The number of aryl methyl sites for hydroxylation is 2. The highest BCUT2D eigenvalue weighted by atomic mass is 16.5. The maximum atomic E-state index is 5.51. The van der Waals surface area contributed by atoms with Crippen molar-refractivity contribution >= 4 is 10.9 Å². The summed E-state index contributed by atoms with van der Waals surface area (Å²) in [5.41, 5.74) is 3.62. The highest BCUT2D eigenvalue weighted by Gasteiger charge is 2.14. The van der Waals surface area contributed by atoms with Gasteiger partial charge in [0.15, 0.2) is 0 Å². The van der Waals surface area contributed by atoms with Crippen LogP contribution in [0, 0.1) is 6.92 Å². The van der Waals surface area contributed by atoms with Crippen molar-refractivity contribution in [1.29, 1.82) is 0 Å². The molecule has 0 fully saturated rings. The van der Waals surface area contributed by atoms with Gasteiger partial charge in [0.25, 0.3) is 0 Å². The highest BCUT2D eigenvalue weighted by molar-refractivity contribution is 5.91. The molecule has 0 bridgehead atoms. The summed E-state index contributed by atoms with van der Waals surface area (Å²) in [6.45, 7) is 3.13. The lowest BCUT2D eigenvalue weighted by atomic mass is 10.0.